The van der Waals surface area contributed by atoms with Crippen LogP contribution in [0.2, 0.25) is 0 Å². The Morgan fingerprint density at radius 3 is 2.45 bits per heavy atom. The van der Waals surface area contributed by atoms with Gasteiger partial charge in [0.05, 0.1) is 6.10 Å². The second-order valence-corrected chi connectivity index (χ2v) is 3.97. The average Bonchev–Trinajstić information content (AvgIpc) is 2.05. The van der Waals surface area contributed by atoms with Crippen molar-refractivity contribution in [1.29, 1.82) is 0 Å². The smallest absolute Gasteiger partial charge is 0.0540 e. The number of allylic oxidation sites excluding steroid dienone is 1. The summed E-state index contributed by atoms with van der Waals surface area (Å²) in [7, 11) is 0. The fraction of sp³-hybridized carbons (Fsp3) is 0.778. The van der Waals surface area contributed by atoms with E-state index in [1.165, 1.54) is 25.7 Å². The largest absolute Gasteiger partial charge is 0.393 e. The van der Waals surface area contributed by atoms with Gasteiger partial charge in [0.1, 0.15) is 0 Å². The summed E-state index contributed by atoms with van der Waals surface area (Å²) in [6, 6.07) is 0. The predicted octanol–water partition coefficient (Wildman–Crippen LogP) is 2.88. The fourth-order valence-electron chi connectivity index (χ4n) is 1.60. The van der Waals surface area contributed by atoms with Crippen LogP contribution in [0.25, 0.3) is 0 Å². The van der Waals surface area contributed by atoms with Crippen molar-refractivity contribution in [3.05, 3.63) is 9.66 Å². The van der Waals surface area contributed by atoms with Crippen LogP contribution < -0.4 is 0 Å². The molecule has 1 aliphatic rings. The van der Waals surface area contributed by atoms with Gasteiger partial charge in [0.2, 0.25) is 0 Å². The van der Waals surface area contributed by atoms with Gasteiger partial charge in [0.25, 0.3) is 0 Å². The number of halogens is 1. The highest BCUT2D eigenvalue weighted by Gasteiger charge is 2.19. The number of hydrogen-bond acceptors (Lipinski definition) is 1. The second kappa shape index (κ2) is 4.45. The molecule has 0 aromatic rings. The van der Waals surface area contributed by atoms with Gasteiger partial charge in [-0.2, -0.15) is 0 Å². The van der Waals surface area contributed by atoms with E-state index in [0.29, 0.717) is 5.92 Å². The number of rotatable bonds is 1. The molecule has 0 aromatic heterocycles. The molecule has 1 atom stereocenters. The fourth-order valence-corrected chi connectivity index (χ4v) is 2.23. The Balaban J connectivity index is 2.36. The Morgan fingerprint density at radius 1 is 1.55 bits per heavy atom. The Kier molecular flexibility index (Phi) is 3.85. The minimum atomic E-state index is -0.106. The first kappa shape index (κ1) is 9.52. The van der Waals surface area contributed by atoms with Crippen LogP contribution in [0.3, 0.4) is 0 Å². The molecule has 0 radical (unpaired) electrons. The molecule has 0 heterocycles. The first-order valence-corrected chi connectivity index (χ1v) is 5.45. The molecule has 1 rings (SSSR count). The minimum absolute atomic E-state index is 0.106. The highest BCUT2D eigenvalue weighted by Crippen LogP contribution is 2.30. The maximum absolute atomic E-state index is 9.31. The van der Waals surface area contributed by atoms with Crippen molar-refractivity contribution in [3.63, 3.8) is 0 Å². The van der Waals surface area contributed by atoms with E-state index in [-0.39, 0.29) is 6.10 Å². The first-order valence-electron chi connectivity index (χ1n) is 4.20. The molecule has 2 heteroatoms. The molecule has 64 valence electrons. The number of aliphatic hydroxyl groups excluding tert-OH is 1. The Morgan fingerprint density at radius 2 is 2.09 bits per heavy atom. The van der Waals surface area contributed by atoms with Gasteiger partial charge < -0.3 is 5.11 Å². The van der Waals surface area contributed by atoms with E-state index in [1.54, 1.807) is 5.57 Å². The van der Waals surface area contributed by atoms with Gasteiger partial charge in [-0.25, -0.2) is 0 Å². The molecule has 1 fully saturated rings. The standard InChI is InChI=1S/C9H15IO/c1-7(11)9-4-2-8(6-10)3-5-9/h6-7,9,11H,2-5H2,1H3. The summed E-state index contributed by atoms with van der Waals surface area (Å²) in [6.07, 6.45) is 4.63. The predicted molar refractivity (Wildman–Crippen MR) is 55.7 cm³/mol. The molecule has 0 bridgehead atoms. The molecule has 1 aliphatic carbocycles. The first-order chi connectivity index (χ1) is 5.24. The molecule has 1 saturated carbocycles. The summed E-state index contributed by atoms with van der Waals surface area (Å²) in [6.45, 7) is 1.91. The van der Waals surface area contributed by atoms with E-state index in [0.717, 1.165) is 0 Å². The van der Waals surface area contributed by atoms with Gasteiger partial charge in [-0.3, -0.25) is 0 Å². The van der Waals surface area contributed by atoms with E-state index in [4.69, 9.17) is 0 Å². The van der Waals surface area contributed by atoms with Crippen LogP contribution in [0.4, 0.5) is 0 Å². The lowest BCUT2D eigenvalue weighted by Crippen LogP contribution is -2.19. The SMILES string of the molecule is CC(O)C1CCC(=CI)CC1. The van der Waals surface area contributed by atoms with Crippen molar-refractivity contribution in [2.24, 2.45) is 5.92 Å². The van der Waals surface area contributed by atoms with Crippen LogP contribution in [-0.4, -0.2) is 11.2 Å². The average molecular weight is 266 g/mol. The third-order valence-electron chi connectivity index (χ3n) is 2.51. The van der Waals surface area contributed by atoms with Gasteiger partial charge in [-0.1, -0.05) is 28.2 Å². The molecule has 11 heavy (non-hydrogen) atoms. The molecule has 1 nitrogen and oxygen atoms in total. The summed E-state index contributed by atoms with van der Waals surface area (Å²) >= 11 is 2.31. The highest BCUT2D eigenvalue weighted by molar-refractivity contribution is 14.1. The monoisotopic (exact) mass is 266 g/mol. The van der Waals surface area contributed by atoms with Crippen LogP contribution in [0, 0.1) is 5.92 Å². The van der Waals surface area contributed by atoms with Crippen LogP contribution in [0.5, 0.6) is 0 Å². The summed E-state index contributed by atoms with van der Waals surface area (Å²) in [5.74, 6) is 0.551. The van der Waals surface area contributed by atoms with E-state index >= 15 is 0 Å². The second-order valence-electron chi connectivity index (χ2n) is 3.35. The van der Waals surface area contributed by atoms with E-state index < -0.39 is 0 Å². The zero-order valence-electron chi connectivity index (χ0n) is 6.89. The van der Waals surface area contributed by atoms with E-state index in [2.05, 4.69) is 26.7 Å². The third-order valence-corrected chi connectivity index (χ3v) is 3.39. The van der Waals surface area contributed by atoms with Gasteiger partial charge in [0.15, 0.2) is 0 Å². The molecule has 0 spiro atoms. The van der Waals surface area contributed by atoms with Gasteiger partial charge in [-0.05, 0) is 42.6 Å². The summed E-state index contributed by atoms with van der Waals surface area (Å²) in [5.41, 5.74) is 1.56. The van der Waals surface area contributed by atoms with Crippen LogP contribution in [0.15, 0.2) is 9.66 Å². The van der Waals surface area contributed by atoms with Crippen LogP contribution in [-0.2, 0) is 0 Å². The third kappa shape index (κ3) is 2.75. The summed E-state index contributed by atoms with van der Waals surface area (Å²) < 4.78 is 2.19. The molecule has 1 N–H and O–H groups in total. The zero-order chi connectivity index (χ0) is 8.27. The van der Waals surface area contributed by atoms with Gasteiger partial charge in [0, 0.05) is 0 Å². The normalized spacial score (nSPS) is 28.3. The van der Waals surface area contributed by atoms with Crippen molar-refractivity contribution >= 4 is 22.6 Å². The van der Waals surface area contributed by atoms with Crippen molar-refractivity contribution in [2.45, 2.75) is 38.7 Å². The van der Waals surface area contributed by atoms with Crippen molar-refractivity contribution < 1.29 is 5.11 Å². The lowest BCUT2D eigenvalue weighted by Gasteiger charge is -2.25. The van der Waals surface area contributed by atoms with Gasteiger partial charge in [-0.15, -0.1) is 0 Å². The molecule has 1 unspecified atom stereocenters. The molecule has 0 amide bonds. The summed E-state index contributed by atoms with van der Waals surface area (Å²) in [4.78, 5) is 0. The van der Waals surface area contributed by atoms with Crippen LogP contribution >= 0.6 is 22.6 Å². The molecule has 0 aliphatic heterocycles. The lowest BCUT2D eigenvalue weighted by atomic mass is 9.84. The number of hydrogen-bond donors (Lipinski definition) is 1. The van der Waals surface area contributed by atoms with Crippen molar-refractivity contribution in [2.75, 3.05) is 0 Å². The quantitative estimate of drug-likeness (QED) is 0.723. The molecular formula is C9H15IO. The van der Waals surface area contributed by atoms with Crippen LogP contribution in [0.1, 0.15) is 32.6 Å². The zero-order valence-corrected chi connectivity index (χ0v) is 9.04. The topological polar surface area (TPSA) is 20.2 Å². The lowest BCUT2D eigenvalue weighted by molar-refractivity contribution is 0.109. The van der Waals surface area contributed by atoms with Crippen molar-refractivity contribution in [1.82, 2.24) is 0 Å². The molecular weight excluding hydrogens is 251 g/mol. The van der Waals surface area contributed by atoms with Gasteiger partial charge >= 0.3 is 0 Å². The Labute approximate surface area is 82.0 Å². The Hall–Kier alpha value is 0.430. The maximum Gasteiger partial charge on any atom is 0.0540 e. The minimum Gasteiger partial charge on any atom is -0.393 e. The summed E-state index contributed by atoms with van der Waals surface area (Å²) in [5, 5.41) is 9.31. The molecule has 0 saturated heterocycles. The maximum atomic E-state index is 9.31. The van der Waals surface area contributed by atoms with Crippen molar-refractivity contribution in [3.8, 4) is 0 Å². The van der Waals surface area contributed by atoms with E-state index in [9.17, 15) is 5.11 Å². The molecule has 0 aromatic carbocycles. The Bertz CT molecular complexity index is 142. The highest BCUT2D eigenvalue weighted by atomic mass is 127. The van der Waals surface area contributed by atoms with E-state index in [1.807, 2.05) is 6.92 Å². The number of aliphatic hydroxyl groups is 1.